The second kappa shape index (κ2) is 7.32. The van der Waals surface area contributed by atoms with Crippen molar-refractivity contribution in [3.05, 3.63) is 59.7 Å². The van der Waals surface area contributed by atoms with Crippen LogP contribution in [-0.4, -0.2) is 20.0 Å². The molecule has 0 atom stereocenters. The van der Waals surface area contributed by atoms with Crippen molar-refractivity contribution in [3.8, 4) is 11.5 Å². The van der Waals surface area contributed by atoms with E-state index in [4.69, 9.17) is 9.47 Å². The zero-order valence-electron chi connectivity index (χ0n) is 14.3. The molecule has 23 heavy (non-hydrogen) atoms. The Morgan fingerprint density at radius 1 is 0.826 bits per heavy atom. The number of ether oxygens (including phenoxy) is 2. The van der Waals surface area contributed by atoms with Crippen LogP contribution in [0.25, 0.3) is 0 Å². The Morgan fingerprint density at radius 3 is 1.43 bits per heavy atom. The van der Waals surface area contributed by atoms with Gasteiger partial charge < -0.3 is 9.47 Å². The zero-order valence-corrected chi connectivity index (χ0v) is 14.3. The molecule has 0 N–H and O–H groups in total. The van der Waals surface area contributed by atoms with Crippen molar-refractivity contribution in [2.24, 2.45) is 5.41 Å². The van der Waals surface area contributed by atoms with E-state index >= 15 is 0 Å². The number of methoxy groups -OCH3 is 2. The molecular formula is C20H24O3. The van der Waals surface area contributed by atoms with Gasteiger partial charge in [-0.1, -0.05) is 31.2 Å². The van der Waals surface area contributed by atoms with Gasteiger partial charge in [-0.25, -0.2) is 0 Å². The third-order valence-corrected chi connectivity index (χ3v) is 4.36. The second-order valence-electron chi connectivity index (χ2n) is 6.17. The molecular weight excluding hydrogens is 288 g/mol. The van der Waals surface area contributed by atoms with Crippen molar-refractivity contribution in [3.63, 3.8) is 0 Å². The highest BCUT2D eigenvalue weighted by atomic mass is 16.5. The number of hydrogen-bond acceptors (Lipinski definition) is 3. The van der Waals surface area contributed by atoms with Crippen LogP contribution in [-0.2, 0) is 17.6 Å². The monoisotopic (exact) mass is 312 g/mol. The molecule has 0 unspecified atom stereocenters. The van der Waals surface area contributed by atoms with Crippen molar-refractivity contribution in [2.45, 2.75) is 26.7 Å². The summed E-state index contributed by atoms with van der Waals surface area (Å²) >= 11 is 0. The Labute approximate surface area is 138 Å². The van der Waals surface area contributed by atoms with Crippen molar-refractivity contribution in [1.29, 1.82) is 0 Å². The second-order valence-corrected chi connectivity index (χ2v) is 6.17. The quantitative estimate of drug-likeness (QED) is 0.772. The molecule has 0 aliphatic carbocycles. The number of Topliss-reactive ketones (excluding diaryl/α,β-unsaturated/α-hetero) is 1. The first-order chi connectivity index (χ1) is 11.0. The molecule has 0 aromatic heterocycles. The molecule has 122 valence electrons. The smallest absolute Gasteiger partial charge is 0.136 e. The van der Waals surface area contributed by atoms with Crippen molar-refractivity contribution in [1.82, 2.24) is 0 Å². The lowest BCUT2D eigenvalue weighted by Gasteiger charge is -2.27. The summed E-state index contributed by atoms with van der Waals surface area (Å²) in [6.07, 6.45) is 1.41. The fourth-order valence-electron chi connectivity index (χ4n) is 2.70. The predicted octanol–water partition coefficient (Wildman–Crippen LogP) is 4.08. The van der Waals surface area contributed by atoms with E-state index in [0.717, 1.165) is 22.6 Å². The Hall–Kier alpha value is -2.29. The van der Waals surface area contributed by atoms with E-state index in [0.29, 0.717) is 12.8 Å². The Kier molecular flexibility index (Phi) is 5.43. The van der Waals surface area contributed by atoms with E-state index in [1.54, 1.807) is 21.1 Å². The van der Waals surface area contributed by atoms with Crippen LogP contribution >= 0.6 is 0 Å². The Morgan fingerprint density at radius 2 is 1.17 bits per heavy atom. The van der Waals surface area contributed by atoms with E-state index in [9.17, 15) is 4.79 Å². The maximum absolute atomic E-state index is 12.3. The molecule has 3 heteroatoms. The van der Waals surface area contributed by atoms with Gasteiger partial charge in [-0.2, -0.15) is 0 Å². The van der Waals surface area contributed by atoms with E-state index in [1.165, 1.54) is 0 Å². The SMILES string of the molecule is COc1ccc(CC(C)(Cc2ccc(OC)cc2)C(C)=O)cc1. The average molecular weight is 312 g/mol. The van der Waals surface area contributed by atoms with Crippen LogP contribution in [0.5, 0.6) is 11.5 Å². The fraction of sp³-hybridized carbons (Fsp3) is 0.350. The molecule has 0 aliphatic rings. The van der Waals surface area contributed by atoms with Crippen LogP contribution in [0.2, 0.25) is 0 Å². The van der Waals surface area contributed by atoms with Crippen molar-refractivity contribution >= 4 is 5.78 Å². The molecule has 0 bridgehead atoms. The first kappa shape index (κ1) is 17.1. The highest BCUT2D eigenvalue weighted by molar-refractivity contribution is 5.82. The standard InChI is InChI=1S/C20H24O3/c1-15(21)20(2,13-16-5-9-18(22-3)10-6-16)14-17-7-11-19(23-4)12-8-17/h5-12H,13-14H2,1-4H3. The van der Waals surface area contributed by atoms with Crippen LogP contribution in [0.3, 0.4) is 0 Å². The van der Waals surface area contributed by atoms with Gasteiger partial charge in [0.25, 0.3) is 0 Å². The van der Waals surface area contributed by atoms with Crippen LogP contribution in [0, 0.1) is 5.41 Å². The summed E-state index contributed by atoms with van der Waals surface area (Å²) in [5, 5.41) is 0. The number of carbonyl (C=O) groups is 1. The lowest BCUT2D eigenvalue weighted by Crippen LogP contribution is -2.30. The van der Waals surface area contributed by atoms with Gasteiger partial charge in [0.2, 0.25) is 0 Å². The van der Waals surface area contributed by atoms with Crippen LogP contribution in [0.4, 0.5) is 0 Å². The highest BCUT2D eigenvalue weighted by Crippen LogP contribution is 2.30. The largest absolute Gasteiger partial charge is 0.497 e. The molecule has 0 fully saturated rings. The normalized spacial score (nSPS) is 11.1. The van der Waals surface area contributed by atoms with Gasteiger partial charge in [-0.05, 0) is 55.2 Å². The average Bonchev–Trinajstić information content (AvgIpc) is 2.56. The molecule has 2 aromatic rings. The van der Waals surface area contributed by atoms with Gasteiger partial charge >= 0.3 is 0 Å². The summed E-state index contributed by atoms with van der Waals surface area (Å²) in [5.41, 5.74) is 1.84. The topological polar surface area (TPSA) is 35.5 Å². The minimum absolute atomic E-state index is 0.198. The molecule has 3 nitrogen and oxygen atoms in total. The molecule has 0 spiro atoms. The van der Waals surface area contributed by atoms with Gasteiger partial charge in [0.05, 0.1) is 14.2 Å². The van der Waals surface area contributed by atoms with Gasteiger partial charge in [-0.15, -0.1) is 0 Å². The Balaban J connectivity index is 2.18. The number of ketones is 1. The number of hydrogen-bond donors (Lipinski definition) is 0. The minimum Gasteiger partial charge on any atom is -0.497 e. The van der Waals surface area contributed by atoms with Crippen molar-refractivity contribution in [2.75, 3.05) is 14.2 Å². The summed E-state index contributed by atoms with van der Waals surface area (Å²) in [6.45, 7) is 3.71. The summed E-state index contributed by atoms with van der Waals surface area (Å²) in [5.74, 6) is 1.85. The van der Waals surface area contributed by atoms with Crippen LogP contribution < -0.4 is 9.47 Å². The molecule has 0 radical (unpaired) electrons. The fourth-order valence-corrected chi connectivity index (χ4v) is 2.70. The molecule has 0 aliphatic heterocycles. The van der Waals surface area contributed by atoms with Crippen LogP contribution in [0.1, 0.15) is 25.0 Å². The molecule has 2 aromatic carbocycles. The number of rotatable bonds is 7. The number of benzene rings is 2. The molecule has 0 amide bonds. The first-order valence-corrected chi connectivity index (χ1v) is 7.74. The van der Waals surface area contributed by atoms with E-state index in [2.05, 4.69) is 0 Å². The Bertz CT molecular complexity index is 592. The zero-order chi connectivity index (χ0) is 16.9. The molecule has 2 rings (SSSR count). The molecule has 0 saturated carbocycles. The maximum Gasteiger partial charge on any atom is 0.136 e. The van der Waals surface area contributed by atoms with Gasteiger partial charge in [0.15, 0.2) is 0 Å². The predicted molar refractivity (Wildman–Crippen MR) is 92.2 cm³/mol. The summed E-state index contributed by atoms with van der Waals surface area (Å²) in [6, 6.07) is 15.8. The van der Waals surface area contributed by atoms with Crippen LogP contribution in [0.15, 0.2) is 48.5 Å². The lowest BCUT2D eigenvalue weighted by atomic mass is 9.75. The summed E-state index contributed by atoms with van der Waals surface area (Å²) in [7, 11) is 3.30. The highest BCUT2D eigenvalue weighted by Gasteiger charge is 2.30. The van der Waals surface area contributed by atoms with Gasteiger partial charge in [0.1, 0.15) is 17.3 Å². The maximum atomic E-state index is 12.3. The third-order valence-electron chi connectivity index (χ3n) is 4.36. The minimum atomic E-state index is -0.427. The number of carbonyl (C=O) groups excluding carboxylic acids is 1. The van der Waals surface area contributed by atoms with E-state index < -0.39 is 5.41 Å². The van der Waals surface area contributed by atoms with Gasteiger partial charge in [-0.3, -0.25) is 4.79 Å². The third kappa shape index (κ3) is 4.35. The lowest BCUT2D eigenvalue weighted by molar-refractivity contribution is -0.125. The molecule has 0 heterocycles. The summed E-state index contributed by atoms with van der Waals surface area (Å²) in [4.78, 5) is 12.3. The molecule has 0 saturated heterocycles. The van der Waals surface area contributed by atoms with E-state index in [1.807, 2.05) is 55.5 Å². The van der Waals surface area contributed by atoms with Crippen molar-refractivity contribution < 1.29 is 14.3 Å². The summed E-state index contributed by atoms with van der Waals surface area (Å²) < 4.78 is 10.4. The first-order valence-electron chi connectivity index (χ1n) is 7.74. The van der Waals surface area contributed by atoms with E-state index in [-0.39, 0.29) is 5.78 Å². The van der Waals surface area contributed by atoms with Gasteiger partial charge in [0, 0.05) is 5.41 Å².